The zero-order valence-corrected chi connectivity index (χ0v) is 11.9. The minimum atomic E-state index is -0.729. The first-order valence-corrected chi connectivity index (χ1v) is 6.88. The number of carbonyl (C=O) groups excluding carboxylic acids is 1. The molecule has 5 nitrogen and oxygen atoms in total. The van der Waals surface area contributed by atoms with Crippen molar-refractivity contribution in [2.45, 2.75) is 45.2 Å². The lowest BCUT2D eigenvalue weighted by molar-refractivity contribution is -0.129. The van der Waals surface area contributed by atoms with Gasteiger partial charge in [0.1, 0.15) is 0 Å². The summed E-state index contributed by atoms with van der Waals surface area (Å²) in [5, 5.41) is 2.95. The van der Waals surface area contributed by atoms with Crippen molar-refractivity contribution >= 4 is 5.91 Å². The molecule has 106 valence electrons. The third-order valence-electron chi connectivity index (χ3n) is 3.66. The lowest BCUT2D eigenvalue weighted by Crippen LogP contribution is -2.57. The van der Waals surface area contributed by atoms with Crippen molar-refractivity contribution in [3.63, 3.8) is 0 Å². The molecule has 18 heavy (non-hydrogen) atoms. The summed E-state index contributed by atoms with van der Waals surface area (Å²) in [6.45, 7) is 10.1. The Kier molecular flexibility index (Phi) is 6.05. The minimum Gasteiger partial charge on any atom is -0.381 e. The number of carbonyl (C=O) groups is 1. The average molecular weight is 257 g/mol. The molecule has 1 saturated heterocycles. The van der Waals surface area contributed by atoms with E-state index >= 15 is 0 Å². The van der Waals surface area contributed by atoms with E-state index in [4.69, 9.17) is 10.5 Å². The maximum atomic E-state index is 12.0. The van der Waals surface area contributed by atoms with Gasteiger partial charge in [-0.15, -0.1) is 0 Å². The normalized spacial score (nSPS) is 19.2. The summed E-state index contributed by atoms with van der Waals surface area (Å²) >= 11 is 0. The molecule has 0 aromatic heterocycles. The highest BCUT2D eigenvalue weighted by Gasteiger charge is 2.35. The highest BCUT2D eigenvalue weighted by molar-refractivity contribution is 5.86. The molecule has 0 aromatic carbocycles. The summed E-state index contributed by atoms with van der Waals surface area (Å²) in [5.74, 6) is -0.0365. The molecule has 1 aliphatic heterocycles. The average Bonchev–Trinajstić information content (AvgIpc) is 2.34. The fourth-order valence-corrected chi connectivity index (χ4v) is 2.23. The largest absolute Gasteiger partial charge is 0.381 e. The molecule has 0 atom stereocenters. The summed E-state index contributed by atoms with van der Waals surface area (Å²) in [5.41, 5.74) is 5.38. The van der Waals surface area contributed by atoms with Crippen LogP contribution >= 0.6 is 0 Å². The number of hydrogen-bond acceptors (Lipinski definition) is 4. The first-order chi connectivity index (χ1) is 8.49. The van der Waals surface area contributed by atoms with E-state index in [2.05, 4.69) is 31.0 Å². The van der Waals surface area contributed by atoms with Gasteiger partial charge >= 0.3 is 0 Å². The first-order valence-electron chi connectivity index (χ1n) is 6.88. The maximum Gasteiger partial charge on any atom is 0.240 e. The van der Waals surface area contributed by atoms with Crippen LogP contribution in [-0.4, -0.2) is 55.2 Å². The molecule has 1 fully saturated rings. The molecule has 0 spiro atoms. The van der Waals surface area contributed by atoms with Crippen LogP contribution in [0.25, 0.3) is 0 Å². The SMILES string of the molecule is CCN(CCNC(=O)C1(N)CCOCC1)C(C)C. The van der Waals surface area contributed by atoms with E-state index in [9.17, 15) is 4.79 Å². The summed E-state index contributed by atoms with van der Waals surface area (Å²) < 4.78 is 5.24. The van der Waals surface area contributed by atoms with Crippen LogP contribution in [0.1, 0.15) is 33.6 Å². The Balaban J connectivity index is 2.32. The van der Waals surface area contributed by atoms with E-state index in [1.807, 2.05) is 0 Å². The van der Waals surface area contributed by atoms with Crippen LogP contribution in [0.4, 0.5) is 0 Å². The fourth-order valence-electron chi connectivity index (χ4n) is 2.23. The van der Waals surface area contributed by atoms with E-state index in [0.29, 0.717) is 38.6 Å². The van der Waals surface area contributed by atoms with Gasteiger partial charge in [-0.3, -0.25) is 9.69 Å². The molecule has 1 aliphatic rings. The van der Waals surface area contributed by atoms with Crippen LogP contribution in [0.5, 0.6) is 0 Å². The minimum absolute atomic E-state index is 0.0365. The Morgan fingerprint density at radius 2 is 2.06 bits per heavy atom. The Bertz CT molecular complexity index is 263. The van der Waals surface area contributed by atoms with Gasteiger partial charge in [0, 0.05) is 32.3 Å². The third kappa shape index (κ3) is 4.23. The third-order valence-corrected chi connectivity index (χ3v) is 3.66. The molecular formula is C13H27N3O2. The number of rotatable bonds is 6. The highest BCUT2D eigenvalue weighted by Crippen LogP contribution is 2.17. The van der Waals surface area contributed by atoms with Gasteiger partial charge in [0.2, 0.25) is 5.91 Å². The van der Waals surface area contributed by atoms with Gasteiger partial charge in [0.25, 0.3) is 0 Å². The standard InChI is InChI=1S/C13H27N3O2/c1-4-16(11(2)3)8-7-15-12(17)13(14)5-9-18-10-6-13/h11H,4-10,14H2,1-3H3,(H,15,17). The van der Waals surface area contributed by atoms with Crippen LogP contribution in [0.2, 0.25) is 0 Å². The summed E-state index contributed by atoms with van der Waals surface area (Å²) in [4.78, 5) is 14.4. The zero-order valence-electron chi connectivity index (χ0n) is 11.9. The second-order valence-electron chi connectivity index (χ2n) is 5.25. The molecule has 0 aliphatic carbocycles. The number of nitrogens with one attached hydrogen (secondary N) is 1. The van der Waals surface area contributed by atoms with Gasteiger partial charge in [-0.2, -0.15) is 0 Å². The molecule has 1 rings (SSSR count). The van der Waals surface area contributed by atoms with Crippen LogP contribution < -0.4 is 11.1 Å². The number of nitrogens with two attached hydrogens (primary N) is 1. The molecule has 0 bridgehead atoms. The van der Waals surface area contributed by atoms with Crippen LogP contribution in [0.3, 0.4) is 0 Å². The molecule has 5 heteroatoms. The van der Waals surface area contributed by atoms with Crippen LogP contribution in [-0.2, 0) is 9.53 Å². The van der Waals surface area contributed by atoms with Crippen molar-refractivity contribution in [1.29, 1.82) is 0 Å². The summed E-state index contributed by atoms with van der Waals surface area (Å²) in [6, 6.07) is 0.502. The molecule has 1 amide bonds. The van der Waals surface area contributed by atoms with Crippen LogP contribution in [0, 0.1) is 0 Å². The molecule has 0 saturated carbocycles. The van der Waals surface area contributed by atoms with E-state index in [1.165, 1.54) is 0 Å². The molecule has 0 aromatic rings. The van der Waals surface area contributed by atoms with Gasteiger partial charge < -0.3 is 15.8 Å². The number of ether oxygens (including phenoxy) is 1. The van der Waals surface area contributed by atoms with Crippen molar-refractivity contribution < 1.29 is 9.53 Å². The Hall–Kier alpha value is -0.650. The first kappa shape index (κ1) is 15.4. The van der Waals surface area contributed by atoms with Crippen molar-refractivity contribution in [1.82, 2.24) is 10.2 Å². The summed E-state index contributed by atoms with van der Waals surface area (Å²) in [6.07, 6.45) is 1.22. The lowest BCUT2D eigenvalue weighted by atomic mass is 9.90. The van der Waals surface area contributed by atoms with Gasteiger partial charge in [0.05, 0.1) is 5.54 Å². The smallest absolute Gasteiger partial charge is 0.240 e. The van der Waals surface area contributed by atoms with E-state index in [1.54, 1.807) is 0 Å². The van der Waals surface area contributed by atoms with Crippen molar-refractivity contribution in [2.75, 3.05) is 32.8 Å². The lowest BCUT2D eigenvalue weighted by Gasteiger charge is -2.32. The van der Waals surface area contributed by atoms with Gasteiger partial charge in [-0.25, -0.2) is 0 Å². The van der Waals surface area contributed by atoms with Gasteiger partial charge in [-0.05, 0) is 33.2 Å². The van der Waals surface area contributed by atoms with Crippen molar-refractivity contribution in [3.8, 4) is 0 Å². The predicted molar refractivity (Wildman–Crippen MR) is 72.4 cm³/mol. The van der Waals surface area contributed by atoms with Crippen LogP contribution in [0.15, 0.2) is 0 Å². The fraction of sp³-hybridized carbons (Fsp3) is 0.923. The maximum absolute atomic E-state index is 12.0. The Morgan fingerprint density at radius 1 is 1.44 bits per heavy atom. The van der Waals surface area contributed by atoms with Crippen molar-refractivity contribution in [2.24, 2.45) is 5.73 Å². The molecule has 0 unspecified atom stereocenters. The highest BCUT2D eigenvalue weighted by atomic mass is 16.5. The number of hydrogen-bond donors (Lipinski definition) is 2. The quantitative estimate of drug-likeness (QED) is 0.720. The van der Waals surface area contributed by atoms with E-state index in [-0.39, 0.29) is 5.91 Å². The van der Waals surface area contributed by atoms with Gasteiger partial charge in [0.15, 0.2) is 0 Å². The predicted octanol–water partition coefficient (Wildman–Crippen LogP) is 0.341. The second kappa shape index (κ2) is 7.07. The monoisotopic (exact) mass is 257 g/mol. The Labute approximate surface area is 110 Å². The molecule has 0 radical (unpaired) electrons. The van der Waals surface area contributed by atoms with Gasteiger partial charge in [-0.1, -0.05) is 6.92 Å². The number of nitrogens with zero attached hydrogens (tertiary/aromatic N) is 1. The molecular weight excluding hydrogens is 230 g/mol. The molecule has 1 heterocycles. The topological polar surface area (TPSA) is 67.6 Å². The zero-order chi connectivity index (χ0) is 13.6. The molecule has 3 N–H and O–H groups in total. The number of likely N-dealkylation sites (N-methyl/N-ethyl adjacent to an activating group) is 1. The van der Waals surface area contributed by atoms with E-state index < -0.39 is 5.54 Å². The van der Waals surface area contributed by atoms with E-state index in [0.717, 1.165) is 13.1 Å². The number of amides is 1. The second-order valence-corrected chi connectivity index (χ2v) is 5.25. The Morgan fingerprint density at radius 3 is 2.56 bits per heavy atom. The van der Waals surface area contributed by atoms with Crippen molar-refractivity contribution in [3.05, 3.63) is 0 Å². The summed E-state index contributed by atoms with van der Waals surface area (Å²) in [7, 11) is 0.